The standard InChI is InChI=1S/C17H23N3O2/c1-17(2,3)16(21)22-20-8-5-12(6-9-20)14-10-19-15-11-18-7-4-13(14)15/h4,7,10-12,19H,5-6,8-9H2,1-3H3. The van der Waals surface area contributed by atoms with Gasteiger partial charge in [0, 0.05) is 30.9 Å². The zero-order valence-electron chi connectivity index (χ0n) is 13.4. The van der Waals surface area contributed by atoms with E-state index in [1.807, 2.05) is 33.2 Å². The third kappa shape index (κ3) is 2.99. The van der Waals surface area contributed by atoms with Crippen molar-refractivity contribution in [3.05, 3.63) is 30.2 Å². The van der Waals surface area contributed by atoms with Gasteiger partial charge in [-0.3, -0.25) is 4.98 Å². The number of hydroxylamine groups is 2. The van der Waals surface area contributed by atoms with E-state index in [-0.39, 0.29) is 5.97 Å². The normalized spacial score (nSPS) is 17.8. The van der Waals surface area contributed by atoms with E-state index in [1.165, 1.54) is 10.9 Å². The van der Waals surface area contributed by atoms with Gasteiger partial charge < -0.3 is 9.82 Å². The number of H-pyrrole nitrogens is 1. The summed E-state index contributed by atoms with van der Waals surface area (Å²) in [5.41, 5.74) is 1.97. The van der Waals surface area contributed by atoms with Gasteiger partial charge in [-0.05, 0) is 51.2 Å². The highest BCUT2D eigenvalue weighted by atomic mass is 16.7. The molecule has 0 amide bonds. The molecule has 22 heavy (non-hydrogen) atoms. The molecular formula is C17H23N3O2. The molecule has 0 unspecified atom stereocenters. The van der Waals surface area contributed by atoms with Crippen molar-refractivity contribution in [1.82, 2.24) is 15.0 Å². The van der Waals surface area contributed by atoms with E-state index >= 15 is 0 Å². The highest BCUT2D eigenvalue weighted by molar-refractivity contribution is 5.82. The Hall–Kier alpha value is -1.88. The number of aromatic amines is 1. The smallest absolute Gasteiger partial charge is 0.330 e. The number of nitrogens with one attached hydrogen (secondary N) is 1. The molecule has 1 saturated heterocycles. The van der Waals surface area contributed by atoms with Crippen molar-refractivity contribution < 1.29 is 9.63 Å². The second-order valence-electron chi connectivity index (χ2n) is 7.00. The molecule has 0 aromatic carbocycles. The lowest BCUT2D eigenvalue weighted by Gasteiger charge is -2.32. The fraction of sp³-hybridized carbons (Fsp3) is 0.529. The molecule has 0 spiro atoms. The maximum Gasteiger partial charge on any atom is 0.330 e. The van der Waals surface area contributed by atoms with Crippen molar-refractivity contribution in [3.8, 4) is 0 Å². The number of nitrogens with zero attached hydrogens (tertiary/aromatic N) is 2. The average Bonchev–Trinajstić information content (AvgIpc) is 2.91. The predicted octanol–water partition coefficient (Wildman–Crippen LogP) is 3.25. The van der Waals surface area contributed by atoms with Crippen LogP contribution in [0.25, 0.3) is 10.9 Å². The predicted molar refractivity (Wildman–Crippen MR) is 85.2 cm³/mol. The SMILES string of the molecule is CC(C)(C)C(=O)ON1CCC(c2c[nH]c3cnccc23)CC1. The molecule has 118 valence electrons. The molecule has 3 rings (SSSR count). The van der Waals surface area contributed by atoms with Gasteiger partial charge in [-0.1, -0.05) is 0 Å². The molecule has 0 atom stereocenters. The maximum absolute atomic E-state index is 11.9. The Morgan fingerprint density at radius 2 is 2.09 bits per heavy atom. The Morgan fingerprint density at radius 3 is 2.77 bits per heavy atom. The number of hydrogen-bond donors (Lipinski definition) is 1. The second kappa shape index (κ2) is 5.72. The highest BCUT2D eigenvalue weighted by Crippen LogP contribution is 2.33. The number of carbonyl (C=O) groups is 1. The van der Waals surface area contributed by atoms with Gasteiger partial charge >= 0.3 is 5.97 Å². The Bertz CT molecular complexity index is 664. The Labute approximate surface area is 130 Å². The number of carbonyl (C=O) groups excluding carboxylic acids is 1. The van der Waals surface area contributed by atoms with Crippen LogP contribution in [0.3, 0.4) is 0 Å². The van der Waals surface area contributed by atoms with Gasteiger partial charge in [-0.15, -0.1) is 5.06 Å². The van der Waals surface area contributed by atoms with E-state index in [1.54, 1.807) is 5.06 Å². The van der Waals surface area contributed by atoms with Crippen molar-refractivity contribution in [2.24, 2.45) is 5.41 Å². The Balaban J connectivity index is 1.64. The molecular weight excluding hydrogens is 278 g/mol. The van der Waals surface area contributed by atoms with E-state index < -0.39 is 5.41 Å². The summed E-state index contributed by atoms with van der Waals surface area (Å²) >= 11 is 0. The molecule has 0 aliphatic carbocycles. The van der Waals surface area contributed by atoms with Crippen molar-refractivity contribution in [1.29, 1.82) is 0 Å². The zero-order valence-corrected chi connectivity index (χ0v) is 13.4. The monoisotopic (exact) mass is 301 g/mol. The molecule has 5 nitrogen and oxygen atoms in total. The zero-order chi connectivity index (χ0) is 15.7. The minimum absolute atomic E-state index is 0.163. The van der Waals surface area contributed by atoms with Crippen molar-refractivity contribution in [2.75, 3.05) is 13.1 Å². The van der Waals surface area contributed by atoms with E-state index in [0.717, 1.165) is 31.4 Å². The number of piperidine rings is 1. The molecule has 0 radical (unpaired) electrons. The second-order valence-corrected chi connectivity index (χ2v) is 7.00. The molecule has 1 aliphatic heterocycles. The number of fused-ring (bicyclic) bond motifs is 1. The summed E-state index contributed by atoms with van der Waals surface area (Å²) in [5.74, 6) is 0.338. The van der Waals surface area contributed by atoms with Crippen LogP contribution in [0.5, 0.6) is 0 Å². The first kappa shape index (κ1) is 15.0. The van der Waals surface area contributed by atoms with Gasteiger partial charge in [-0.2, -0.15) is 0 Å². The molecule has 0 saturated carbocycles. The summed E-state index contributed by atoms with van der Waals surface area (Å²) < 4.78 is 0. The van der Waals surface area contributed by atoms with Crippen molar-refractivity contribution >= 4 is 16.9 Å². The summed E-state index contributed by atoms with van der Waals surface area (Å²) in [6, 6.07) is 2.06. The van der Waals surface area contributed by atoms with E-state index in [0.29, 0.717) is 5.92 Å². The quantitative estimate of drug-likeness (QED) is 0.925. The minimum atomic E-state index is -0.458. The van der Waals surface area contributed by atoms with Crippen LogP contribution >= 0.6 is 0 Å². The van der Waals surface area contributed by atoms with Crippen LogP contribution in [0.1, 0.15) is 45.1 Å². The lowest BCUT2D eigenvalue weighted by Crippen LogP contribution is -2.38. The van der Waals surface area contributed by atoms with Crippen LogP contribution in [0.4, 0.5) is 0 Å². The molecule has 1 aliphatic rings. The van der Waals surface area contributed by atoms with Gasteiger partial charge in [0.1, 0.15) is 0 Å². The third-order valence-electron chi connectivity index (χ3n) is 4.23. The van der Waals surface area contributed by atoms with Crippen LogP contribution in [-0.4, -0.2) is 34.1 Å². The summed E-state index contributed by atoms with van der Waals surface area (Å²) in [6.07, 6.45) is 7.77. The fourth-order valence-corrected chi connectivity index (χ4v) is 2.84. The molecule has 5 heteroatoms. The lowest BCUT2D eigenvalue weighted by molar-refractivity contribution is -0.204. The van der Waals surface area contributed by atoms with E-state index in [4.69, 9.17) is 4.84 Å². The van der Waals surface area contributed by atoms with Crippen LogP contribution in [0.15, 0.2) is 24.7 Å². The molecule has 0 bridgehead atoms. The van der Waals surface area contributed by atoms with Gasteiger partial charge in [0.25, 0.3) is 0 Å². The molecule has 1 N–H and O–H groups in total. The Kier molecular flexibility index (Phi) is 3.91. The first-order chi connectivity index (χ1) is 10.4. The molecule has 3 heterocycles. The number of aromatic nitrogens is 2. The van der Waals surface area contributed by atoms with E-state index in [9.17, 15) is 4.79 Å². The first-order valence-electron chi connectivity index (χ1n) is 7.83. The number of pyridine rings is 1. The molecule has 2 aromatic heterocycles. The minimum Gasteiger partial charge on any atom is -0.367 e. The average molecular weight is 301 g/mol. The van der Waals surface area contributed by atoms with Crippen molar-refractivity contribution in [3.63, 3.8) is 0 Å². The third-order valence-corrected chi connectivity index (χ3v) is 4.23. The lowest BCUT2D eigenvalue weighted by atomic mass is 9.90. The van der Waals surface area contributed by atoms with Gasteiger partial charge in [0.2, 0.25) is 0 Å². The van der Waals surface area contributed by atoms with Gasteiger partial charge in [0.15, 0.2) is 0 Å². The van der Waals surface area contributed by atoms with Crippen molar-refractivity contribution in [2.45, 2.75) is 39.5 Å². The van der Waals surface area contributed by atoms with Crippen LogP contribution in [0.2, 0.25) is 0 Å². The van der Waals surface area contributed by atoms with Crippen LogP contribution in [0, 0.1) is 5.41 Å². The first-order valence-corrected chi connectivity index (χ1v) is 7.83. The molecule has 2 aromatic rings. The topological polar surface area (TPSA) is 58.2 Å². The summed E-state index contributed by atoms with van der Waals surface area (Å²) in [4.78, 5) is 24.9. The Morgan fingerprint density at radius 1 is 1.36 bits per heavy atom. The number of rotatable bonds is 2. The summed E-state index contributed by atoms with van der Waals surface area (Å²) in [6.45, 7) is 7.20. The largest absolute Gasteiger partial charge is 0.367 e. The number of hydrogen-bond acceptors (Lipinski definition) is 4. The van der Waals surface area contributed by atoms with Crippen LogP contribution < -0.4 is 0 Å². The molecule has 1 fully saturated rings. The summed E-state index contributed by atoms with van der Waals surface area (Å²) in [5, 5.41) is 3.06. The van der Waals surface area contributed by atoms with Gasteiger partial charge in [-0.25, -0.2) is 4.79 Å². The van der Waals surface area contributed by atoms with E-state index in [2.05, 4.69) is 22.2 Å². The fourth-order valence-electron chi connectivity index (χ4n) is 2.84. The summed E-state index contributed by atoms with van der Waals surface area (Å²) in [7, 11) is 0. The maximum atomic E-state index is 11.9. The van der Waals surface area contributed by atoms with Gasteiger partial charge in [0.05, 0.1) is 17.1 Å². The van der Waals surface area contributed by atoms with Crippen LogP contribution in [-0.2, 0) is 9.63 Å². The highest BCUT2D eigenvalue weighted by Gasteiger charge is 2.29.